The van der Waals surface area contributed by atoms with Gasteiger partial charge in [0.05, 0.1) is 16.8 Å². The second-order valence-corrected chi connectivity index (χ2v) is 5.66. The van der Waals surface area contributed by atoms with Gasteiger partial charge in [0.1, 0.15) is 11.5 Å². The third-order valence-electron chi connectivity index (χ3n) is 3.78. The Kier molecular flexibility index (Phi) is 4.20. The molecule has 0 amide bonds. The summed E-state index contributed by atoms with van der Waals surface area (Å²) in [5.74, 6) is 0.985. The molecule has 0 fully saturated rings. The first-order valence-corrected chi connectivity index (χ1v) is 7.51. The van der Waals surface area contributed by atoms with Crippen molar-refractivity contribution < 1.29 is 17.6 Å². The zero-order chi connectivity index (χ0) is 18.2. The molecule has 0 bridgehead atoms. The molecule has 2 aromatic heterocycles. The molecule has 3 aromatic rings. The first-order chi connectivity index (χ1) is 11.8. The van der Waals surface area contributed by atoms with Crippen LogP contribution in [-0.4, -0.2) is 4.98 Å². The molecule has 6 heteroatoms. The van der Waals surface area contributed by atoms with Gasteiger partial charge in [-0.25, -0.2) is 0 Å². The molecule has 128 valence electrons. The summed E-state index contributed by atoms with van der Waals surface area (Å²) >= 11 is 0. The number of hydrogen-bond donors (Lipinski definition) is 0. The van der Waals surface area contributed by atoms with E-state index in [0.717, 1.165) is 12.1 Å². The molecular weight excluding hydrogens is 331 g/mol. The minimum absolute atomic E-state index is 0.185. The van der Waals surface area contributed by atoms with E-state index < -0.39 is 11.7 Å². The van der Waals surface area contributed by atoms with Crippen LogP contribution < -0.4 is 5.43 Å². The molecule has 0 atom stereocenters. The largest absolute Gasteiger partial charge is 0.466 e. The Bertz CT molecular complexity index is 973. The van der Waals surface area contributed by atoms with E-state index in [2.05, 4.69) is 4.98 Å². The fourth-order valence-electron chi connectivity index (χ4n) is 2.67. The van der Waals surface area contributed by atoms with Crippen molar-refractivity contribution in [3.63, 3.8) is 0 Å². The van der Waals surface area contributed by atoms with Crippen LogP contribution in [0.3, 0.4) is 0 Å². The second-order valence-electron chi connectivity index (χ2n) is 5.66. The Morgan fingerprint density at radius 1 is 1.00 bits per heavy atom. The van der Waals surface area contributed by atoms with Crippen LogP contribution in [0.15, 0.2) is 57.9 Å². The average molecular weight is 345 g/mol. The van der Waals surface area contributed by atoms with Crippen molar-refractivity contribution in [2.45, 2.75) is 20.0 Å². The van der Waals surface area contributed by atoms with Crippen molar-refractivity contribution in [1.82, 2.24) is 4.98 Å². The highest BCUT2D eigenvalue weighted by Crippen LogP contribution is 2.32. The molecular formula is C19H14F3NO2. The summed E-state index contributed by atoms with van der Waals surface area (Å²) in [6.07, 6.45) is -2.95. The van der Waals surface area contributed by atoms with Crippen LogP contribution in [0, 0.1) is 13.8 Å². The number of hydrogen-bond acceptors (Lipinski definition) is 3. The predicted octanol–water partition coefficient (Wildman–Crippen LogP) is 5.00. The van der Waals surface area contributed by atoms with E-state index in [1.807, 2.05) is 0 Å². The normalized spacial score (nSPS) is 11.6. The van der Waals surface area contributed by atoms with Crippen LogP contribution in [0.4, 0.5) is 13.2 Å². The van der Waals surface area contributed by atoms with Crippen molar-refractivity contribution in [1.29, 1.82) is 0 Å². The quantitative estimate of drug-likeness (QED) is 0.656. The van der Waals surface area contributed by atoms with Gasteiger partial charge in [-0.05, 0) is 32.0 Å². The molecule has 25 heavy (non-hydrogen) atoms. The summed E-state index contributed by atoms with van der Waals surface area (Å²) in [7, 11) is 0. The predicted molar refractivity (Wildman–Crippen MR) is 88.1 cm³/mol. The molecule has 0 saturated heterocycles. The zero-order valence-electron chi connectivity index (χ0n) is 13.5. The Morgan fingerprint density at radius 3 is 2.36 bits per heavy atom. The minimum atomic E-state index is -4.41. The fraction of sp³-hybridized carbons (Fsp3) is 0.158. The highest BCUT2D eigenvalue weighted by Gasteiger charge is 2.30. The Morgan fingerprint density at radius 2 is 1.76 bits per heavy atom. The molecule has 3 rings (SSSR count). The maximum absolute atomic E-state index is 12.8. The Hall–Kier alpha value is -2.89. The van der Waals surface area contributed by atoms with E-state index in [1.54, 1.807) is 32.0 Å². The van der Waals surface area contributed by atoms with Gasteiger partial charge in [0.15, 0.2) is 5.43 Å². The molecule has 0 aliphatic heterocycles. The lowest BCUT2D eigenvalue weighted by Gasteiger charge is -2.09. The van der Waals surface area contributed by atoms with Gasteiger partial charge < -0.3 is 4.42 Å². The molecule has 1 aromatic carbocycles. The van der Waals surface area contributed by atoms with E-state index in [9.17, 15) is 18.0 Å². The van der Waals surface area contributed by atoms with Crippen molar-refractivity contribution in [2.24, 2.45) is 0 Å². The lowest BCUT2D eigenvalue weighted by atomic mass is 10.0. The number of pyridine rings is 1. The van der Waals surface area contributed by atoms with E-state index >= 15 is 0 Å². The maximum atomic E-state index is 12.8. The molecule has 0 spiro atoms. The highest BCUT2D eigenvalue weighted by atomic mass is 19.4. The van der Waals surface area contributed by atoms with Gasteiger partial charge in [-0.15, -0.1) is 0 Å². The number of rotatable bonds is 2. The number of benzene rings is 1. The minimum Gasteiger partial charge on any atom is -0.466 e. The van der Waals surface area contributed by atoms with Crippen molar-refractivity contribution in [3.05, 3.63) is 76.0 Å². The summed E-state index contributed by atoms with van der Waals surface area (Å²) in [6.45, 7) is 3.37. The summed E-state index contributed by atoms with van der Waals surface area (Å²) in [5, 5.41) is 0. The van der Waals surface area contributed by atoms with Crippen LogP contribution >= 0.6 is 0 Å². The Labute approximate surface area is 141 Å². The average Bonchev–Trinajstić information content (AvgIpc) is 2.54. The molecule has 0 saturated carbocycles. The Balaban J connectivity index is 2.01. The lowest BCUT2D eigenvalue weighted by molar-refractivity contribution is -0.137. The molecule has 0 N–H and O–H groups in total. The highest BCUT2D eigenvalue weighted by molar-refractivity contribution is 5.68. The third-order valence-corrected chi connectivity index (χ3v) is 3.78. The van der Waals surface area contributed by atoms with E-state index in [-0.39, 0.29) is 5.43 Å². The number of alkyl halides is 3. The van der Waals surface area contributed by atoms with Gasteiger partial charge in [-0.1, -0.05) is 18.2 Å². The third kappa shape index (κ3) is 3.47. The molecule has 0 aliphatic carbocycles. The number of aryl methyl sites for hydroxylation is 2. The van der Waals surface area contributed by atoms with Gasteiger partial charge >= 0.3 is 6.18 Å². The second kappa shape index (κ2) is 6.20. The first-order valence-electron chi connectivity index (χ1n) is 7.51. The van der Waals surface area contributed by atoms with Gasteiger partial charge in [-0.3, -0.25) is 9.78 Å². The SMILES string of the molecule is Cc1cc(=O)c(-c2ccc(-c3cccc(C(F)(F)F)c3)nc2)c(C)o1. The standard InChI is InChI=1S/C19H14F3NO2/c1-11-8-17(24)18(12(2)25-11)14-6-7-16(23-10-14)13-4-3-5-15(9-13)19(20,21)22/h3-10H,1-2H3. The summed E-state index contributed by atoms with van der Waals surface area (Å²) in [6, 6.07) is 9.59. The monoisotopic (exact) mass is 345 g/mol. The molecule has 2 heterocycles. The molecule has 0 aliphatic rings. The number of aromatic nitrogens is 1. The molecule has 0 radical (unpaired) electrons. The van der Waals surface area contributed by atoms with Gasteiger partial charge in [0, 0.05) is 23.4 Å². The fourth-order valence-corrected chi connectivity index (χ4v) is 2.67. The number of nitrogens with zero attached hydrogens (tertiary/aromatic N) is 1. The summed E-state index contributed by atoms with van der Waals surface area (Å²) in [5.41, 5.74) is 0.787. The lowest BCUT2D eigenvalue weighted by Crippen LogP contribution is -2.06. The van der Waals surface area contributed by atoms with Crippen LogP contribution in [0.2, 0.25) is 0 Å². The van der Waals surface area contributed by atoms with Gasteiger partial charge in [-0.2, -0.15) is 13.2 Å². The molecule has 3 nitrogen and oxygen atoms in total. The van der Waals surface area contributed by atoms with Gasteiger partial charge in [0.2, 0.25) is 0 Å². The number of halogens is 3. The van der Waals surface area contributed by atoms with Crippen LogP contribution in [0.5, 0.6) is 0 Å². The van der Waals surface area contributed by atoms with Crippen LogP contribution in [0.25, 0.3) is 22.4 Å². The van der Waals surface area contributed by atoms with Crippen molar-refractivity contribution >= 4 is 0 Å². The van der Waals surface area contributed by atoms with Crippen LogP contribution in [-0.2, 0) is 6.18 Å². The summed E-state index contributed by atoms with van der Waals surface area (Å²) in [4.78, 5) is 16.4. The van der Waals surface area contributed by atoms with E-state index in [0.29, 0.717) is 33.9 Å². The maximum Gasteiger partial charge on any atom is 0.416 e. The van der Waals surface area contributed by atoms with E-state index in [1.165, 1.54) is 18.3 Å². The summed E-state index contributed by atoms with van der Waals surface area (Å²) < 4.78 is 43.9. The first kappa shape index (κ1) is 17.0. The zero-order valence-corrected chi connectivity index (χ0v) is 13.5. The van der Waals surface area contributed by atoms with Crippen molar-refractivity contribution in [2.75, 3.05) is 0 Å². The van der Waals surface area contributed by atoms with Crippen molar-refractivity contribution in [3.8, 4) is 22.4 Å². The topological polar surface area (TPSA) is 43.1 Å². The van der Waals surface area contributed by atoms with Gasteiger partial charge in [0.25, 0.3) is 0 Å². The van der Waals surface area contributed by atoms with E-state index in [4.69, 9.17) is 4.42 Å². The smallest absolute Gasteiger partial charge is 0.416 e. The molecule has 0 unspecified atom stereocenters. The van der Waals surface area contributed by atoms with Crippen LogP contribution in [0.1, 0.15) is 17.1 Å².